The Kier molecular flexibility index (Phi) is 6.90. The lowest BCUT2D eigenvalue weighted by atomic mass is 10.0. The summed E-state index contributed by atoms with van der Waals surface area (Å²) in [6.07, 6.45) is 0. The Morgan fingerprint density at radius 1 is 0.420 bits per heavy atom. The molecular formula is C46H30N2S2. The van der Waals surface area contributed by atoms with E-state index in [9.17, 15) is 0 Å². The summed E-state index contributed by atoms with van der Waals surface area (Å²) in [6, 6.07) is 66.0. The minimum atomic E-state index is 1.14. The number of nitrogens with zero attached hydrogens (tertiary/aromatic N) is 2. The van der Waals surface area contributed by atoms with Crippen LogP contribution < -0.4 is 4.90 Å². The minimum absolute atomic E-state index is 1.14. The van der Waals surface area contributed by atoms with Gasteiger partial charge in [0.1, 0.15) is 5.00 Å². The van der Waals surface area contributed by atoms with Crippen molar-refractivity contribution in [2.24, 2.45) is 0 Å². The Bertz CT molecular complexity index is 2810. The predicted molar refractivity (Wildman–Crippen MR) is 217 cm³/mol. The quantitative estimate of drug-likeness (QED) is 0.170. The molecule has 2 nitrogen and oxygen atoms in total. The van der Waals surface area contributed by atoms with Crippen LogP contribution in [0.1, 0.15) is 0 Å². The summed E-state index contributed by atoms with van der Waals surface area (Å²) in [5, 5.41) is 6.36. The highest BCUT2D eigenvalue weighted by atomic mass is 32.1. The molecule has 0 radical (unpaired) electrons. The molecule has 0 aliphatic carbocycles. The zero-order valence-electron chi connectivity index (χ0n) is 27.0. The van der Waals surface area contributed by atoms with Crippen molar-refractivity contribution in [1.82, 2.24) is 4.57 Å². The summed E-state index contributed by atoms with van der Waals surface area (Å²) in [6.45, 7) is 0. The predicted octanol–water partition coefficient (Wildman–Crippen LogP) is 14.0. The summed E-state index contributed by atoms with van der Waals surface area (Å²) in [5.41, 5.74) is 9.63. The van der Waals surface area contributed by atoms with E-state index in [1.54, 1.807) is 0 Å². The summed E-state index contributed by atoms with van der Waals surface area (Å²) in [7, 11) is 0. The number of thiophene rings is 2. The molecule has 0 bridgehead atoms. The van der Waals surface area contributed by atoms with E-state index in [0.717, 1.165) is 11.4 Å². The van der Waals surface area contributed by atoms with Crippen molar-refractivity contribution in [3.05, 3.63) is 182 Å². The third kappa shape index (κ3) is 4.76. The van der Waals surface area contributed by atoms with Crippen molar-refractivity contribution >= 4 is 81.0 Å². The highest BCUT2D eigenvalue weighted by Crippen LogP contribution is 2.45. The van der Waals surface area contributed by atoms with Crippen LogP contribution in [0.2, 0.25) is 0 Å². The molecule has 0 atom stereocenters. The second kappa shape index (κ2) is 11.9. The number of aromatic nitrogens is 1. The molecule has 0 N–H and O–H groups in total. The fourth-order valence-electron chi connectivity index (χ4n) is 7.33. The SMILES string of the molecule is c1ccc(N(c2ccc(-c3cccc4c3sc3ccccc34)cc2)c2ccc(-c3ccc4c(c3)c3ccccc3n4-c3ccccc3)s2)cc1. The number of rotatable bonds is 6. The monoisotopic (exact) mass is 674 g/mol. The van der Waals surface area contributed by atoms with Crippen LogP contribution in [0.5, 0.6) is 0 Å². The first-order valence-electron chi connectivity index (χ1n) is 16.8. The molecule has 4 heteroatoms. The van der Waals surface area contributed by atoms with Crippen molar-refractivity contribution in [1.29, 1.82) is 0 Å². The Morgan fingerprint density at radius 3 is 1.92 bits per heavy atom. The van der Waals surface area contributed by atoms with Gasteiger partial charge in [0.05, 0.1) is 11.0 Å². The van der Waals surface area contributed by atoms with Crippen molar-refractivity contribution in [3.8, 4) is 27.3 Å². The van der Waals surface area contributed by atoms with Gasteiger partial charge in [-0.1, -0.05) is 109 Å². The summed E-state index contributed by atoms with van der Waals surface area (Å²) in [4.78, 5) is 3.62. The number of para-hydroxylation sites is 3. The molecule has 0 spiro atoms. The van der Waals surface area contributed by atoms with Crippen LogP contribution in [0.3, 0.4) is 0 Å². The third-order valence-corrected chi connectivity index (χ3v) is 12.0. The van der Waals surface area contributed by atoms with E-state index in [2.05, 4.69) is 191 Å². The van der Waals surface area contributed by atoms with Crippen LogP contribution in [0.15, 0.2) is 182 Å². The molecule has 3 heterocycles. The topological polar surface area (TPSA) is 8.17 Å². The average Bonchev–Trinajstić information content (AvgIpc) is 3.90. The van der Waals surface area contributed by atoms with Gasteiger partial charge >= 0.3 is 0 Å². The van der Waals surface area contributed by atoms with E-state index < -0.39 is 0 Å². The lowest BCUT2D eigenvalue weighted by Crippen LogP contribution is -2.07. The van der Waals surface area contributed by atoms with Gasteiger partial charge in [-0.05, 0) is 89.5 Å². The molecule has 0 unspecified atom stereocenters. The molecule has 50 heavy (non-hydrogen) atoms. The summed E-state index contributed by atoms with van der Waals surface area (Å²) < 4.78 is 5.04. The zero-order chi connectivity index (χ0) is 33.0. The van der Waals surface area contributed by atoms with E-state index in [4.69, 9.17) is 0 Å². The van der Waals surface area contributed by atoms with E-state index in [0.29, 0.717) is 0 Å². The lowest BCUT2D eigenvalue weighted by Gasteiger charge is -2.24. The van der Waals surface area contributed by atoms with Gasteiger partial charge in [0.2, 0.25) is 0 Å². The van der Waals surface area contributed by atoms with Gasteiger partial charge in [-0.3, -0.25) is 0 Å². The first-order valence-corrected chi connectivity index (χ1v) is 18.5. The Hall–Kier alpha value is -5.94. The van der Waals surface area contributed by atoms with Crippen LogP contribution in [-0.2, 0) is 0 Å². The van der Waals surface area contributed by atoms with E-state index in [-0.39, 0.29) is 0 Å². The average molecular weight is 675 g/mol. The molecule has 0 saturated heterocycles. The largest absolute Gasteiger partial charge is 0.309 e. The number of anilines is 3. The second-order valence-corrected chi connectivity index (χ2v) is 14.7. The lowest BCUT2D eigenvalue weighted by molar-refractivity contribution is 1.18. The maximum atomic E-state index is 2.37. The summed E-state index contributed by atoms with van der Waals surface area (Å²) in [5.74, 6) is 0. The van der Waals surface area contributed by atoms with Crippen LogP contribution in [0.4, 0.5) is 16.4 Å². The molecule has 7 aromatic carbocycles. The van der Waals surface area contributed by atoms with Crippen molar-refractivity contribution < 1.29 is 0 Å². The van der Waals surface area contributed by atoms with Gasteiger partial charge in [-0.15, -0.1) is 22.7 Å². The van der Waals surface area contributed by atoms with Crippen molar-refractivity contribution in [2.45, 2.75) is 0 Å². The molecule has 10 aromatic rings. The molecule has 0 aliphatic heterocycles. The number of hydrogen-bond donors (Lipinski definition) is 0. The van der Waals surface area contributed by atoms with E-state index in [1.165, 1.54) is 74.2 Å². The summed E-state index contributed by atoms with van der Waals surface area (Å²) >= 11 is 3.71. The minimum Gasteiger partial charge on any atom is -0.309 e. The molecule has 236 valence electrons. The van der Waals surface area contributed by atoms with E-state index in [1.807, 2.05) is 22.7 Å². The van der Waals surface area contributed by atoms with Gasteiger partial charge in [-0.25, -0.2) is 0 Å². The van der Waals surface area contributed by atoms with Crippen LogP contribution in [0, 0.1) is 0 Å². The fraction of sp³-hybridized carbons (Fsp3) is 0. The van der Waals surface area contributed by atoms with E-state index >= 15 is 0 Å². The first-order chi connectivity index (χ1) is 24.8. The molecule has 3 aromatic heterocycles. The van der Waals surface area contributed by atoms with Gasteiger partial charge in [0, 0.05) is 52.9 Å². The zero-order valence-corrected chi connectivity index (χ0v) is 28.7. The normalized spacial score (nSPS) is 11.6. The van der Waals surface area contributed by atoms with Crippen molar-refractivity contribution in [2.75, 3.05) is 4.90 Å². The number of hydrogen-bond acceptors (Lipinski definition) is 3. The van der Waals surface area contributed by atoms with Crippen LogP contribution in [0.25, 0.3) is 69.2 Å². The Labute approximate surface area is 298 Å². The van der Waals surface area contributed by atoms with Crippen LogP contribution in [-0.4, -0.2) is 4.57 Å². The standard InChI is InChI=1S/C46H30N2S2/c1-3-12-33(13-4-1)47(35-25-22-31(23-26-35)36-18-11-19-39-38-17-8-10-21-44(38)50-46(36)39)45-29-28-43(49-45)32-24-27-42-40(30-32)37-16-7-9-20-41(37)48(42)34-14-5-2-6-15-34/h1-30H. The number of fused-ring (bicyclic) bond motifs is 6. The number of benzene rings is 7. The Morgan fingerprint density at radius 2 is 1.08 bits per heavy atom. The molecule has 10 rings (SSSR count). The highest BCUT2D eigenvalue weighted by molar-refractivity contribution is 7.26. The highest BCUT2D eigenvalue weighted by Gasteiger charge is 2.18. The molecule has 0 fully saturated rings. The molecule has 0 saturated carbocycles. The Balaban J connectivity index is 1.05. The fourth-order valence-corrected chi connectivity index (χ4v) is 9.61. The van der Waals surface area contributed by atoms with Crippen molar-refractivity contribution in [3.63, 3.8) is 0 Å². The smallest absolute Gasteiger partial charge is 0.101 e. The molecule has 0 aliphatic rings. The first kappa shape index (κ1) is 29.0. The molecular weight excluding hydrogens is 645 g/mol. The van der Waals surface area contributed by atoms with Gasteiger partial charge in [0.25, 0.3) is 0 Å². The van der Waals surface area contributed by atoms with Crippen LogP contribution >= 0.6 is 22.7 Å². The van der Waals surface area contributed by atoms with Gasteiger partial charge < -0.3 is 9.47 Å². The van der Waals surface area contributed by atoms with Gasteiger partial charge in [-0.2, -0.15) is 0 Å². The van der Waals surface area contributed by atoms with Gasteiger partial charge in [0.15, 0.2) is 0 Å². The maximum absolute atomic E-state index is 2.37. The molecule has 0 amide bonds. The second-order valence-electron chi connectivity index (χ2n) is 12.6. The maximum Gasteiger partial charge on any atom is 0.101 e. The third-order valence-electron chi connectivity index (χ3n) is 9.64.